The lowest BCUT2D eigenvalue weighted by Gasteiger charge is -2.21. The van der Waals surface area contributed by atoms with Gasteiger partial charge in [-0.25, -0.2) is 0 Å². The van der Waals surface area contributed by atoms with Crippen molar-refractivity contribution in [3.05, 3.63) is 0 Å². The molecule has 0 aromatic rings. The number of rotatable bonds is 20. The smallest absolute Gasteiger partial charge is 0.0575 e. The van der Waals surface area contributed by atoms with E-state index in [1.165, 1.54) is 148 Å². The summed E-state index contributed by atoms with van der Waals surface area (Å²) in [7, 11) is 0. The van der Waals surface area contributed by atoms with E-state index in [0.717, 1.165) is 6.61 Å². The summed E-state index contributed by atoms with van der Waals surface area (Å²) in [5.74, 6) is 0. The van der Waals surface area contributed by atoms with E-state index in [-0.39, 0.29) is 0 Å². The van der Waals surface area contributed by atoms with E-state index in [9.17, 15) is 0 Å². The van der Waals surface area contributed by atoms with Gasteiger partial charge in [0.15, 0.2) is 0 Å². The predicted octanol–water partition coefficient (Wildman–Crippen LogP) is 9.38. The zero-order valence-corrected chi connectivity index (χ0v) is 19.0. The molecule has 0 bridgehead atoms. The molecule has 0 aliphatic heterocycles. The van der Waals surface area contributed by atoms with Gasteiger partial charge in [0.05, 0.1) is 6.10 Å². The molecule has 0 aromatic heterocycles. The molecule has 1 aliphatic carbocycles. The first-order chi connectivity index (χ1) is 13.4. The fourth-order valence-corrected chi connectivity index (χ4v) is 4.49. The van der Waals surface area contributed by atoms with Gasteiger partial charge in [0.25, 0.3) is 0 Å². The highest BCUT2D eigenvalue weighted by Crippen LogP contribution is 2.20. The van der Waals surface area contributed by atoms with E-state index in [1.807, 2.05) is 0 Å². The maximum absolute atomic E-state index is 6.01. The van der Waals surface area contributed by atoms with Crippen molar-refractivity contribution in [2.24, 2.45) is 0 Å². The lowest BCUT2D eigenvalue weighted by molar-refractivity contribution is 0.0263. The summed E-state index contributed by atoms with van der Waals surface area (Å²) >= 11 is 0. The fourth-order valence-electron chi connectivity index (χ4n) is 4.49. The van der Waals surface area contributed by atoms with E-state index in [0.29, 0.717) is 6.10 Å². The molecule has 1 fully saturated rings. The molecule has 1 nitrogen and oxygen atoms in total. The van der Waals surface area contributed by atoms with Crippen LogP contribution in [0.5, 0.6) is 0 Å². The van der Waals surface area contributed by atoms with E-state index in [1.54, 1.807) is 0 Å². The minimum Gasteiger partial charge on any atom is -0.378 e. The van der Waals surface area contributed by atoms with Gasteiger partial charge in [-0.05, 0) is 19.3 Å². The molecular formula is C26H52O. The number of hydrogen-bond acceptors (Lipinski definition) is 1. The van der Waals surface area contributed by atoms with Crippen LogP contribution in [0.3, 0.4) is 0 Å². The summed E-state index contributed by atoms with van der Waals surface area (Å²) < 4.78 is 6.01. The lowest BCUT2D eigenvalue weighted by atomic mass is 9.98. The zero-order valence-electron chi connectivity index (χ0n) is 19.0. The van der Waals surface area contributed by atoms with E-state index >= 15 is 0 Å². The normalized spacial score (nSPS) is 15.4. The topological polar surface area (TPSA) is 9.23 Å². The van der Waals surface area contributed by atoms with Crippen molar-refractivity contribution in [2.75, 3.05) is 6.61 Å². The summed E-state index contributed by atoms with van der Waals surface area (Å²) in [6.45, 7) is 3.32. The molecule has 0 aromatic carbocycles. The third-order valence-corrected chi connectivity index (χ3v) is 6.40. The molecule has 27 heavy (non-hydrogen) atoms. The summed E-state index contributed by atoms with van der Waals surface area (Å²) in [5.41, 5.74) is 0. The van der Waals surface area contributed by atoms with Gasteiger partial charge in [0.1, 0.15) is 0 Å². The van der Waals surface area contributed by atoms with Gasteiger partial charge in [-0.1, -0.05) is 135 Å². The van der Waals surface area contributed by atoms with Gasteiger partial charge < -0.3 is 4.74 Å². The van der Waals surface area contributed by atoms with Crippen molar-refractivity contribution >= 4 is 0 Å². The van der Waals surface area contributed by atoms with Gasteiger partial charge in [0, 0.05) is 6.61 Å². The van der Waals surface area contributed by atoms with Crippen molar-refractivity contribution in [3.8, 4) is 0 Å². The second-order valence-corrected chi connectivity index (χ2v) is 9.14. The van der Waals surface area contributed by atoms with Crippen LogP contribution in [0.4, 0.5) is 0 Å². The highest BCUT2D eigenvalue weighted by atomic mass is 16.5. The van der Waals surface area contributed by atoms with Crippen molar-refractivity contribution in [1.82, 2.24) is 0 Å². The van der Waals surface area contributed by atoms with Crippen LogP contribution in [0.25, 0.3) is 0 Å². The molecule has 1 saturated carbocycles. The van der Waals surface area contributed by atoms with Crippen LogP contribution in [-0.4, -0.2) is 12.7 Å². The zero-order chi connectivity index (χ0) is 19.3. The average molecular weight is 381 g/mol. The van der Waals surface area contributed by atoms with Crippen LogP contribution in [-0.2, 0) is 4.74 Å². The Morgan fingerprint density at radius 1 is 0.481 bits per heavy atom. The summed E-state index contributed by atoms with van der Waals surface area (Å²) in [6.07, 6.45) is 33.5. The van der Waals surface area contributed by atoms with Crippen LogP contribution in [0.2, 0.25) is 0 Å². The SMILES string of the molecule is CCCCCCCCCCCCCCCCCCCCOC1CCCCC1. The molecular weight excluding hydrogens is 328 g/mol. The Hall–Kier alpha value is -0.0400. The van der Waals surface area contributed by atoms with Gasteiger partial charge in [-0.15, -0.1) is 0 Å². The second kappa shape index (κ2) is 20.7. The van der Waals surface area contributed by atoms with Gasteiger partial charge in [-0.3, -0.25) is 0 Å². The Bertz CT molecular complexity index is 269. The van der Waals surface area contributed by atoms with Gasteiger partial charge >= 0.3 is 0 Å². The van der Waals surface area contributed by atoms with Crippen LogP contribution in [0, 0.1) is 0 Å². The summed E-state index contributed by atoms with van der Waals surface area (Å²) in [5, 5.41) is 0. The third kappa shape index (κ3) is 17.8. The molecule has 0 unspecified atom stereocenters. The Balaban J connectivity index is 1.64. The lowest BCUT2D eigenvalue weighted by Crippen LogP contribution is -2.17. The van der Waals surface area contributed by atoms with E-state index in [4.69, 9.17) is 4.74 Å². The molecule has 1 aliphatic rings. The highest BCUT2D eigenvalue weighted by molar-refractivity contribution is 4.64. The monoisotopic (exact) mass is 380 g/mol. The highest BCUT2D eigenvalue weighted by Gasteiger charge is 2.12. The third-order valence-electron chi connectivity index (χ3n) is 6.40. The van der Waals surface area contributed by atoms with Crippen LogP contribution in [0.1, 0.15) is 155 Å². The maximum Gasteiger partial charge on any atom is 0.0575 e. The first kappa shape index (κ1) is 25.0. The predicted molar refractivity (Wildman–Crippen MR) is 122 cm³/mol. The van der Waals surface area contributed by atoms with Gasteiger partial charge in [0.2, 0.25) is 0 Å². The van der Waals surface area contributed by atoms with E-state index in [2.05, 4.69) is 6.92 Å². The summed E-state index contributed by atoms with van der Waals surface area (Å²) in [6, 6.07) is 0. The Kier molecular flexibility index (Phi) is 19.2. The summed E-state index contributed by atoms with van der Waals surface area (Å²) in [4.78, 5) is 0. The molecule has 0 heterocycles. The van der Waals surface area contributed by atoms with Crippen molar-refractivity contribution in [2.45, 2.75) is 161 Å². The Labute approximate surface area is 172 Å². The average Bonchev–Trinajstić information content (AvgIpc) is 2.70. The van der Waals surface area contributed by atoms with Crippen LogP contribution >= 0.6 is 0 Å². The molecule has 0 radical (unpaired) electrons. The van der Waals surface area contributed by atoms with E-state index < -0.39 is 0 Å². The molecule has 0 saturated heterocycles. The molecule has 1 heteroatoms. The Morgan fingerprint density at radius 2 is 0.852 bits per heavy atom. The maximum atomic E-state index is 6.01. The molecule has 0 N–H and O–H groups in total. The number of unbranched alkanes of at least 4 members (excludes halogenated alkanes) is 17. The molecule has 1 rings (SSSR count). The first-order valence-corrected chi connectivity index (χ1v) is 13.0. The minimum absolute atomic E-state index is 0.601. The van der Waals surface area contributed by atoms with Crippen molar-refractivity contribution in [3.63, 3.8) is 0 Å². The van der Waals surface area contributed by atoms with Crippen LogP contribution < -0.4 is 0 Å². The number of ether oxygens (including phenoxy) is 1. The minimum atomic E-state index is 0.601. The number of hydrogen-bond donors (Lipinski definition) is 0. The molecule has 0 spiro atoms. The first-order valence-electron chi connectivity index (χ1n) is 13.0. The van der Waals surface area contributed by atoms with Crippen molar-refractivity contribution < 1.29 is 4.74 Å². The molecule has 0 amide bonds. The quantitative estimate of drug-likeness (QED) is 0.191. The largest absolute Gasteiger partial charge is 0.378 e. The fraction of sp³-hybridized carbons (Fsp3) is 1.00. The van der Waals surface area contributed by atoms with Gasteiger partial charge in [-0.2, -0.15) is 0 Å². The van der Waals surface area contributed by atoms with Crippen molar-refractivity contribution in [1.29, 1.82) is 0 Å². The standard InChI is InChI=1S/C26H52O/c1-2-3-4-5-6-7-8-9-10-11-12-13-14-15-16-17-18-22-25-27-26-23-20-19-21-24-26/h26H,2-25H2,1H3. The Morgan fingerprint density at radius 3 is 1.26 bits per heavy atom. The van der Waals surface area contributed by atoms with Crippen LogP contribution in [0.15, 0.2) is 0 Å². The molecule has 0 atom stereocenters. The second-order valence-electron chi connectivity index (χ2n) is 9.14. The molecule has 162 valence electrons.